The van der Waals surface area contributed by atoms with Gasteiger partial charge in [-0.15, -0.1) is 28.1 Å². The van der Waals surface area contributed by atoms with E-state index in [9.17, 15) is 9.70 Å². The molecule has 0 spiro atoms. The summed E-state index contributed by atoms with van der Waals surface area (Å²) in [6.45, 7) is 0.108. The van der Waals surface area contributed by atoms with Crippen molar-refractivity contribution in [2.45, 2.75) is 37.1 Å². The Morgan fingerprint density at radius 3 is 2.69 bits per heavy atom. The number of nitrogens with zero attached hydrogens (tertiary/aromatic N) is 2. The number of carbonyl (C=O) groups is 1. The number of rotatable bonds is 4. The number of urea groups is 1. The van der Waals surface area contributed by atoms with E-state index in [-0.39, 0.29) is 23.8 Å². The van der Waals surface area contributed by atoms with E-state index in [1.165, 1.54) is 0 Å². The van der Waals surface area contributed by atoms with Gasteiger partial charge in [0.25, 0.3) is 0 Å². The lowest BCUT2D eigenvalue weighted by molar-refractivity contribution is 0.194. The standard InChI is InChI=1S/C9H15Cl2N3O2/c10-5-6-14(13-16)9(15)12-8-4-2-1-3-7(8)11/h7-8H,1-6H2,(H,12,15)/t7-,8-/m1/s1. The molecule has 2 atom stereocenters. The molecule has 92 valence electrons. The highest BCUT2D eigenvalue weighted by atomic mass is 35.5. The molecular weight excluding hydrogens is 253 g/mol. The van der Waals surface area contributed by atoms with Crippen LogP contribution in [0.3, 0.4) is 0 Å². The molecule has 0 bridgehead atoms. The summed E-state index contributed by atoms with van der Waals surface area (Å²) < 4.78 is 0. The molecule has 1 fully saturated rings. The summed E-state index contributed by atoms with van der Waals surface area (Å²) in [6.07, 6.45) is 3.85. The molecule has 0 aromatic heterocycles. The van der Waals surface area contributed by atoms with Crippen LogP contribution in [0.1, 0.15) is 25.7 Å². The lowest BCUT2D eigenvalue weighted by atomic mass is 9.95. The maximum absolute atomic E-state index is 11.6. The number of nitroso groups, excluding NO2 is 1. The maximum Gasteiger partial charge on any atom is 0.340 e. The van der Waals surface area contributed by atoms with E-state index in [0.29, 0.717) is 0 Å². The van der Waals surface area contributed by atoms with Crippen LogP contribution in [0.25, 0.3) is 0 Å². The van der Waals surface area contributed by atoms with E-state index in [1.807, 2.05) is 0 Å². The lowest BCUT2D eigenvalue weighted by Gasteiger charge is -2.28. The highest BCUT2D eigenvalue weighted by molar-refractivity contribution is 6.21. The minimum atomic E-state index is -0.520. The van der Waals surface area contributed by atoms with Crippen LogP contribution in [0.5, 0.6) is 0 Å². The van der Waals surface area contributed by atoms with Crippen LogP contribution in [0, 0.1) is 4.91 Å². The van der Waals surface area contributed by atoms with Gasteiger partial charge >= 0.3 is 6.03 Å². The largest absolute Gasteiger partial charge is 0.340 e. The fourth-order valence-electron chi connectivity index (χ4n) is 1.74. The molecule has 2 amide bonds. The number of alkyl halides is 2. The van der Waals surface area contributed by atoms with Crippen LogP contribution < -0.4 is 5.32 Å². The van der Waals surface area contributed by atoms with Gasteiger partial charge in [0.1, 0.15) is 0 Å². The molecule has 0 unspecified atom stereocenters. The van der Waals surface area contributed by atoms with E-state index >= 15 is 0 Å². The van der Waals surface area contributed by atoms with Crippen molar-refractivity contribution in [1.29, 1.82) is 0 Å². The van der Waals surface area contributed by atoms with Gasteiger partial charge in [0, 0.05) is 11.9 Å². The molecule has 0 aromatic carbocycles. The first-order chi connectivity index (χ1) is 7.69. The van der Waals surface area contributed by atoms with Crippen molar-refractivity contribution in [3.8, 4) is 0 Å². The summed E-state index contributed by atoms with van der Waals surface area (Å²) in [7, 11) is 0. The van der Waals surface area contributed by atoms with Gasteiger partial charge in [-0.1, -0.05) is 12.8 Å². The third-order valence-electron chi connectivity index (χ3n) is 2.62. The zero-order valence-corrected chi connectivity index (χ0v) is 10.4. The van der Waals surface area contributed by atoms with Crippen molar-refractivity contribution < 1.29 is 4.79 Å². The molecular formula is C9H15Cl2N3O2. The summed E-state index contributed by atoms with van der Waals surface area (Å²) in [5, 5.41) is 6.03. The van der Waals surface area contributed by atoms with E-state index in [2.05, 4.69) is 10.6 Å². The molecule has 1 aliphatic carbocycles. The third kappa shape index (κ3) is 3.79. The third-order valence-corrected chi connectivity index (χ3v) is 3.31. The molecule has 0 saturated heterocycles. The smallest absolute Gasteiger partial charge is 0.332 e. The minimum Gasteiger partial charge on any atom is -0.332 e. The van der Waals surface area contributed by atoms with Gasteiger partial charge in [0.05, 0.1) is 17.2 Å². The second kappa shape index (κ2) is 6.91. The van der Waals surface area contributed by atoms with Crippen molar-refractivity contribution in [3.63, 3.8) is 0 Å². The Bertz CT molecular complexity index is 253. The normalized spacial score (nSPS) is 24.9. The molecule has 0 aromatic rings. The van der Waals surface area contributed by atoms with Crippen molar-refractivity contribution in [2.24, 2.45) is 5.29 Å². The highest BCUT2D eigenvalue weighted by Crippen LogP contribution is 2.23. The van der Waals surface area contributed by atoms with Crippen LogP contribution in [0.15, 0.2) is 5.29 Å². The van der Waals surface area contributed by atoms with Gasteiger partial charge in [-0.2, -0.15) is 5.01 Å². The summed E-state index contributed by atoms with van der Waals surface area (Å²) in [5.74, 6) is 0.175. The van der Waals surface area contributed by atoms with E-state index in [4.69, 9.17) is 23.2 Å². The number of amides is 2. The molecule has 0 heterocycles. The Hall–Kier alpha value is -0.550. The topological polar surface area (TPSA) is 61.8 Å². The van der Waals surface area contributed by atoms with E-state index in [0.717, 1.165) is 30.7 Å². The van der Waals surface area contributed by atoms with Crippen molar-refractivity contribution in [1.82, 2.24) is 10.3 Å². The monoisotopic (exact) mass is 267 g/mol. The Kier molecular flexibility index (Phi) is 5.84. The average Bonchev–Trinajstić information content (AvgIpc) is 2.29. The Morgan fingerprint density at radius 2 is 2.12 bits per heavy atom. The Labute approximate surface area is 104 Å². The Morgan fingerprint density at radius 1 is 1.44 bits per heavy atom. The van der Waals surface area contributed by atoms with Crippen molar-refractivity contribution >= 4 is 29.2 Å². The fraction of sp³-hybridized carbons (Fsp3) is 0.889. The van der Waals surface area contributed by atoms with Gasteiger partial charge < -0.3 is 5.32 Å². The first-order valence-electron chi connectivity index (χ1n) is 5.30. The predicted octanol–water partition coefficient (Wildman–Crippen LogP) is 2.47. The number of halogens is 2. The molecule has 1 N–H and O–H groups in total. The second-order valence-corrected chi connectivity index (χ2v) is 4.69. The van der Waals surface area contributed by atoms with Gasteiger partial charge in [-0.3, -0.25) is 0 Å². The summed E-state index contributed by atoms with van der Waals surface area (Å²) in [6, 6.07) is -0.601. The molecule has 1 saturated carbocycles. The summed E-state index contributed by atoms with van der Waals surface area (Å²) in [4.78, 5) is 22.0. The average molecular weight is 268 g/mol. The van der Waals surface area contributed by atoms with Crippen LogP contribution in [0.2, 0.25) is 0 Å². The molecule has 7 heteroatoms. The molecule has 0 aliphatic heterocycles. The van der Waals surface area contributed by atoms with Crippen LogP contribution in [-0.4, -0.2) is 34.9 Å². The van der Waals surface area contributed by atoms with Crippen LogP contribution in [-0.2, 0) is 0 Å². The SMILES string of the molecule is O=NN(CCCl)C(=O)N[C@@H]1CCCC[C@H]1Cl. The van der Waals surface area contributed by atoms with Crippen molar-refractivity contribution in [3.05, 3.63) is 4.91 Å². The van der Waals surface area contributed by atoms with Crippen molar-refractivity contribution in [2.75, 3.05) is 12.4 Å². The first-order valence-corrected chi connectivity index (χ1v) is 6.27. The first kappa shape index (κ1) is 13.5. The molecule has 1 aliphatic rings. The van der Waals surface area contributed by atoms with Crippen LogP contribution in [0.4, 0.5) is 4.79 Å². The molecule has 16 heavy (non-hydrogen) atoms. The van der Waals surface area contributed by atoms with Gasteiger partial charge in [-0.05, 0) is 12.8 Å². The maximum atomic E-state index is 11.6. The predicted molar refractivity (Wildman–Crippen MR) is 63.6 cm³/mol. The molecule has 1 rings (SSSR count). The molecule has 5 nitrogen and oxygen atoms in total. The lowest BCUT2D eigenvalue weighted by Crippen LogP contribution is -2.47. The number of hydrogen-bond donors (Lipinski definition) is 1. The number of hydrogen-bond acceptors (Lipinski definition) is 3. The van der Waals surface area contributed by atoms with Gasteiger partial charge in [0.2, 0.25) is 0 Å². The number of carbonyl (C=O) groups excluding carboxylic acids is 1. The summed E-state index contributed by atoms with van der Waals surface area (Å²) >= 11 is 11.5. The zero-order chi connectivity index (χ0) is 12.0. The Balaban J connectivity index is 2.44. The highest BCUT2D eigenvalue weighted by Gasteiger charge is 2.26. The minimum absolute atomic E-state index is 0.0674. The van der Waals surface area contributed by atoms with E-state index in [1.54, 1.807) is 0 Å². The quantitative estimate of drug-likeness (QED) is 0.483. The summed E-state index contributed by atoms with van der Waals surface area (Å²) in [5.41, 5.74) is 0. The van der Waals surface area contributed by atoms with Crippen LogP contribution >= 0.6 is 23.2 Å². The molecule has 0 radical (unpaired) electrons. The second-order valence-electron chi connectivity index (χ2n) is 3.75. The fourth-order valence-corrected chi connectivity index (χ4v) is 2.24. The van der Waals surface area contributed by atoms with Gasteiger partial charge in [-0.25, -0.2) is 4.79 Å². The number of nitrogens with one attached hydrogen (secondary N) is 1. The van der Waals surface area contributed by atoms with E-state index < -0.39 is 6.03 Å². The van der Waals surface area contributed by atoms with Gasteiger partial charge in [0.15, 0.2) is 0 Å². The zero-order valence-electron chi connectivity index (χ0n) is 8.86.